The second-order valence-corrected chi connectivity index (χ2v) is 25.1. The Morgan fingerprint density at radius 3 is 0.775 bits per heavy atom. The highest BCUT2D eigenvalue weighted by atomic mass is 14.3. The van der Waals surface area contributed by atoms with Crippen molar-refractivity contribution in [3.63, 3.8) is 0 Å². The molecule has 0 radical (unpaired) electrons. The van der Waals surface area contributed by atoms with Crippen molar-refractivity contribution in [3.8, 4) is 66.8 Å². The highest BCUT2D eigenvalue weighted by Crippen LogP contribution is 2.50. The Labute approximate surface area is 624 Å². The lowest BCUT2D eigenvalue weighted by Gasteiger charge is -2.19. The molecular weight excluding hydrogens is 1230 g/mol. The molecule has 0 N–H and O–H groups in total. The molecule has 0 aliphatic carbocycles. The summed E-state index contributed by atoms with van der Waals surface area (Å²) in [6, 6.07) is 75.3. The van der Waals surface area contributed by atoms with E-state index in [4.69, 9.17) is 31.5 Å². The van der Waals surface area contributed by atoms with E-state index in [0.29, 0.717) is 27.8 Å². The number of rotatable bonds is 6. The van der Waals surface area contributed by atoms with E-state index < -0.39 is 131 Å². The van der Waals surface area contributed by atoms with Crippen molar-refractivity contribution in [2.75, 3.05) is 0 Å². The molecule has 0 fully saturated rings. The van der Waals surface area contributed by atoms with E-state index in [9.17, 15) is 0 Å². The average molecular weight is 1310 g/mol. The fourth-order valence-electron chi connectivity index (χ4n) is 15.0. The maximum absolute atomic E-state index is 9.17. The fourth-order valence-corrected chi connectivity index (χ4v) is 15.0. The summed E-state index contributed by atoms with van der Waals surface area (Å²) in [7, 11) is 0. The molecule has 0 atom stereocenters. The molecule has 0 aromatic heterocycles. The minimum absolute atomic E-state index is 0.0689. The summed E-state index contributed by atoms with van der Waals surface area (Å²) in [5.41, 5.74) is 6.80. The van der Waals surface area contributed by atoms with Crippen LogP contribution in [0.3, 0.4) is 0 Å². The van der Waals surface area contributed by atoms with Crippen LogP contribution in [0, 0.1) is 0 Å². The van der Waals surface area contributed by atoms with Gasteiger partial charge in [0.05, 0.1) is 31.5 Å². The van der Waals surface area contributed by atoms with Crippen molar-refractivity contribution >= 4 is 129 Å². The molecule has 0 nitrogen and oxygen atoms in total. The molecule has 21 aromatic carbocycles. The maximum atomic E-state index is 9.17. The van der Waals surface area contributed by atoms with Gasteiger partial charge in [-0.25, -0.2) is 0 Å². The third-order valence-electron chi connectivity index (χ3n) is 19.5. The molecule has 0 heterocycles. The van der Waals surface area contributed by atoms with Gasteiger partial charge in [0.2, 0.25) is 0 Å². The van der Waals surface area contributed by atoms with Crippen LogP contribution in [-0.2, 0) is 0 Å². The number of hydrogen-bond acceptors (Lipinski definition) is 0. The SMILES string of the molecule is [2H]c1c([2H])c([2H])c2c(-c3c4c([2H])c([2H])c([2H])c([2H])c4c(-c4ccc5ccccc5c4)c4c([2H])c([2H])c([2H])c([2H])c34)c([2H])c([2H])c([2H])c2c1[2H].[2H]c1c([2H])c([2H])c2c(-c3cccc4ccccc34)c3c([2H])c([2H])c([2H])c([2H])c3c(-c3ccc4ccccc4c3)c2c1[2H].c1ccc2cc(-c3c4ccccc4c(-c4cccc5ccccc45)c4ccccc34)ccc2c1. The van der Waals surface area contributed by atoms with E-state index in [1.807, 2.05) is 103 Å². The van der Waals surface area contributed by atoms with Crippen LogP contribution in [0.1, 0.15) is 31.5 Å². The lowest BCUT2D eigenvalue weighted by atomic mass is 9.84. The Balaban J connectivity index is 0.000000125. The van der Waals surface area contributed by atoms with Gasteiger partial charge in [-0.05, 0) is 214 Å². The summed E-state index contributed by atoms with van der Waals surface area (Å²) in [6.45, 7) is 0. The van der Waals surface area contributed by atoms with Gasteiger partial charge in [-0.1, -0.05) is 382 Å². The van der Waals surface area contributed by atoms with Crippen molar-refractivity contribution in [3.05, 3.63) is 400 Å². The van der Waals surface area contributed by atoms with Crippen LogP contribution in [0.25, 0.3) is 196 Å². The molecule has 0 heteroatoms. The second kappa shape index (κ2) is 25.5. The molecule has 102 heavy (non-hydrogen) atoms. The molecule has 0 amide bonds. The van der Waals surface area contributed by atoms with Crippen LogP contribution in [0.2, 0.25) is 0 Å². The predicted octanol–water partition coefficient (Wildman–Crippen LogP) is 28.9. The normalized spacial score (nSPS) is 14.7. The van der Waals surface area contributed by atoms with Crippen LogP contribution < -0.4 is 0 Å². The molecule has 0 spiro atoms. The van der Waals surface area contributed by atoms with Crippen LogP contribution >= 0.6 is 0 Å². The lowest BCUT2D eigenvalue weighted by molar-refractivity contribution is 1.68. The first-order chi connectivity index (χ1) is 60.2. The highest BCUT2D eigenvalue weighted by molar-refractivity contribution is 6.27. The second-order valence-electron chi connectivity index (χ2n) is 25.1. The van der Waals surface area contributed by atoms with E-state index >= 15 is 0 Å². The van der Waals surface area contributed by atoms with Crippen molar-refractivity contribution in [2.24, 2.45) is 0 Å². The molecule has 0 bridgehead atoms. The molecule has 0 saturated carbocycles. The summed E-state index contributed by atoms with van der Waals surface area (Å²) >= 11 is 0. The average Bonchev–Trinajstić information content (AvgIpc) is 0.689. The quantitative estimate of drug-likeness (QED) is 0.146. The Kier molecular flexibility index (Phi) is 10.2. The first kappa shape index (κ1) is 40.6. The van der Waals surface area contributed by atoms with E-state index in [1.165, 1.54) is 65.3 Å². The Morgan fingerprint density at radius 1 is 0.137 bits per heavy atom. The van der Waals surface area contributed by atoms with Gasteiger partial charge in [0.25, 0.3) is 0 Å². The van der Waals surface area contributed by atoms with Crippen LogP contribution in [0.5, 0.6) is 0 Å². The number of benzene rings is 21. The van der Waals surface area contributed by atoms with Gasteiger partial charge in [-0.3, -0.25) is 0 Å². The fraction of sp³-hybridized carbons (Fsp3) is 0. The predicted molar refractivity (Wildman–Crippen MR) is 442 cm³/mol. The first-order valence-electron chi connectivity index (χ1n) is 45.0. The molecular formula is C102H66. The first-order valence-corrected chi connectivity index (χ1v) is 33.5. The van der Waals surface area contributed by atoms with Crippen LogP contribution in [0.4, 0.5) is 0 Å². The van der Waals surface area contributed by atoms with E-state index in [1.54, 1.807) is 24.3 Å². The molecule has 0 unspecified atom stereocenters. The highest BCUT2D eigenvalue weighted by Gasteiger charge is 2.22. The smallest absolute Gasteiger partial charge is 0.0616 e. The molecule has 474 valence electrons. The van der Waals surface area contributed by atoms with Gasteiger partial charge in [-0.15, -0.1) is 0 Å². The van der Waals surface area contributed by atoms with Gasteiger partial charge >= 0.3 is 0 Å². The van der Waals surface area contributed by atoms with Gasteiger partial charge in [0, 0.05) is 0 Å². The van der Waals surface area contributed by atoms with Crippen molar-refractivity contribution in [1.29, 1.82) is 0 Å². The van der Waals surface area contributed by atoms with Gasteiger partial charge in [0.15, 0.2) is 0 Å². The number of fused-ring (bicyclic) bond motifs is 12. The summed E-state index contributed by atoms with van der Waals surface area (Å²) in [6.07, 6.45) is 0. The summed E-state index contributed by atoms with van der Waals surface area (Å²) in [5, 5.41) is 14.7. The van der Waals surface area contributed by atoms with E-state index in [2.05, 4.69) is 133 Å². The molecule has 21 aromatic rings. The standard InChI is InChI=1S/3C34H22/c3*1-2-12-25-22-26(21-20-23(25)10-1)33-29-15-5-7-17-31(29)34(32-18-8-6-16-30(32)33)28-19-9-13-24-11-3-4-14-27(24)28/h3*1-22H/i3D,4D,5D,6D,7D,8D,9D,11D,13D,14D,15D,16D,17D,18D,19D;5D,6D,7D,8D,15D,16D,17D,18D;. The van der Waals surface area contributed by atoms with Gasteiger partial charge in [0.1, 0.15) is 0 Å². The molecule has 21 rings (SSSR count). The molecule has 0 saturated heterocycles. The van der Waals surface area contributed by atoms with Gasteiger partial charge < -0.3 is 0 Å². The van der Waals surface area contributed by atoms with E-state index in [0.717, 1.165) is 32.3 Å². The van der Waals surface area contributed by atoms with Crippen LogP contribution in [0.15, 0.2) is 400 Å². The third-order valence-corrected chi connectivity index (χ3v) is 19.5. The lowest BCUT2D eigenvalue weighted by Crippen LogP contribution is -1.91. The minimum Gasteiger partial charge on any atom is -0.0616 e. The molecule has 0 aliphatic heterocycles. The number of hydrogen-bond donors (Lipinski definition) is 0. The van der Waals surface area contributed by atoms with Crippen molar-refractivity contribution < 1.29 is 31.5 Å². The summed E-state index contributed by atoms with van der Waals surface area (Å²) in [5.74, 6) is 0. The largest absolute Gasteiger partial charge is 0.0629 e. The van der Waals surface area contributed by atoms with Crippen molar-refractivity contribution in [2.45, 2.75) is 0 Å². The zero-order valence-corrected chi connectivity index (χ0v) is 54.3. The third kappa shape index (κ3) is 10.4. The summed E-state index contributed by atoms with van der Waals surface area (Å²) < 4.78 is 203. The van der Waals surface area contributed by atoms with Crippen molar-refractivity contribution in [1.82, 2.24) is 0 Å². The summed E-state index contributed by atoms with van der Waals surface area (Å²) in [4.78, 5) is 0. The van der Waals surface area contributed by atoms with E-state index in [-0.39, 0.29) is 78.4 Å². The zero-order chi connectivity index (χ0) is 87.5. The van der Waals surface area contributed by atoms with Crippen LogP contribution in [-0.4, -0.2) is 0 Å². The van der Waals surface area contributed by atoms with Gasteiger partial charge in [-0.2, -0.15) is 0 Å². The minimum atomic E-state index is -0.742. The maximum Gasteiger partial charge on any atom is 0.0629 e. The Morgan fingerprint density at radius 2 is 0.392 bits per heavy atom. The Bertz CT molecular complexity index is 8110. The topological polar surface area (TPSA) is 0 Å². The monoisotopic (exact) mass is 1310 g/mol. The Hall–Kier alpha value is -13.3. The zero-order valence-electron chi connectivity index (χ0n) is 77.3. The molecule has 0 aliphatic rings.